The minimum atomic E-state index is -0.489. The summed E-state index contributed by atoms with van der Waals surface area (Å²) in [6.07, 6.45) is 10.3. The van der Waals surface area contributed by atoms with Gasteiger partial charge in [-0.25, -0.2) is 4.98 Å². The van der Waals surface area contributed by atoms with Crippen molar-refractivity contribution in [3.05, 3.63) is 53.6 Å². The summed E-state index contributed by atoms with van der Waals surface area (Å²) >= 11 is 22.8. The van der Waals surface area contributed by atoms with Crippen molar-refractivity contribution in [2.45, 2.75) is 55.9 Å². The maximum atomic E-state index is 6.66. The molecule has 2 rings (SSSR count). The number of rotatable bonds is 10. The Morgan fingerprint density at radius 3 is 2.62 bits per heavy atom. The van der Waals surface area contributed by atoms with Crippen LogP contribution >= 0.6 is 48.0 Å². The Balaban J connectivity index is 2.08. The predicted octanol–water partition coefficient (Wildman–Crippen LogP) is 6.63. The smallest absolute Gasteiger partial charge is 0.173 e. The molecule has 1 aromatic heterocycles. The molecule has 142 valence electrons. The number of halogens is 2. The minimum Gasteiger partial charge on any atom is -0.474 e. The number of unbranched alkanes of at least 4 members (excludes halogenated alkanes) is 3. The van der Waals surface area contributed by atoms with Crippen LogP contribution < -0.4 is 0 Å². The van der Waals surface area contributed by atoms with Crippen molar-refractivity contribution >= 4 is 53.1 Å². The lowest BCUT2D eigenvalue weighted by atomic mass is 10.1. The fraction of sp³-hybridized carbons (Fsp3) is 0.474. The Labute approximate surface area is 176 Å². The summed E-state index contributed by atoms with van der Waals surface area (Å²) in [4.78, 5) is 4.06. The van der Waals surface area contributed by atoms with Gasteiger partial charge in [-0.15, -0.1) is 0 Å². The van der Waals surface area contributed by atoms with E-state index in [4.69, 9.17) is 40.2 Å². The summed E-state index contributed by atoms with van der Waals surface area (Å²) in [7, 11) is 0. The highest BCUT2D eigenvalue weighted by Gasteiger charge is 2.27. The first-order chi connectivity index (χ1) is 12.5. The zero-order valence-corrected chi connectivity index (χ0v) is 17.9. The van der Waals surface area contributed by atoms with Crippen molar-refractivity contribution in [3.63, 3.8) is 0 Å². The van der Waals surface area contributed by atoms with Crippen LogP contribution in [0.2, 0.25) is 5.02 Å². The van der Waals surface area contributed by atoms with Gasteiger partial charge in [-0.05, 0) is 36.3 Å². The molecule has 1 heterocycles. The van der Waals surface area contributed by atoms with Gasteiger partial charge in [0.2, 0.25) is 0 Å². The lowest BCUT2D eigenvalue weighted by molar-refractivity contribution is 0.163. The number of benzene rings is 1. The lowest BCUT2D eigenvalue weighted by Crippen LogP contribution is -2.23. The molecule has 0 N–H and O–H groups in total. The average Bonchev–Trinajstić information content (AvgIpc) is 3.18. The molecular weight excluding hydrogens is 407 g/mol. The van der Waals surface area contributed by atoms with Gasteiger partial charge in [-0.2, -0.15) is 12.6 Å². The number of alkyl halides is 1. The first-order valence-corrected chi connectivity index (χ1v) is 10.5. The highest BCUT2D eigenvalue weighted by molar-refractivity contribution is 7.86. The third kappa shape index (κ3) is 6.45. The van der Waals surface area contributed by atoms with Crippen LogP contribution in [0.3, 0.4) is 0 Å². The van der Waals surface area contributed by atoms with Crippen LogP contribution in [0.5, 0.6) is 0 Å². The summed E-state index contributed by atoms with van der Waals surface area (Å²) in [6.45, 7) is 2.19. The first kappa shape index (κ1) is 21.5. The Kier molecular flexibility index (Phi) is 9.26. The highest BCUT2D eigenvalue weighted by atomic mass is 35.5. The molecule has 0 aliphatic carbocycles. The zero-order valence-electron chi connectivity index (χ0n) is 14.7. The van der Waals surface area contributed by atoms with Crippen molar-refractivity contribution in [3.8, 4) is 0 Å². The Morgan fingerprint density at radius 1 is 1.27 bits per heavy atom. The average molecular weight is 431 g/mol. The lowest BCUT2D eigenvalue weighted by Gasteiger charge is -2.26. The largest absolute Gasteiger partial charge is 0.474 e. The van der Waals surface area contributed by atoms with Crippen molar-refractivity contribution in [2.75, 3.05) is 0 Å². The number of ether oxygens (including phenoxy) is 1. The Morgan fingerprint density at radius 2 is 2.00 bits per heavy atom. The van der Waals surface area contributed by atoms with E-state index in [0.717, 1.165) is 18.4 Å². The minimum absolute atomic E-state index is 0.0942. The van der Waals surface area contributed by atoms with Crippen molar-refractivity contribution in [1.29, 1.82) is 0 Å². The van der Waals surface area contributed by atoms with Gasteiger partial charge in [0.05, 0.1) is 11.6 Å². The SMILES string of the molecule is CCCCCCC(S)C(=S)OC(c1ccc(Cl)cc1)C(Cl)n1ccnc1. The third-order valence-electron chi connectivity index (χ3n) is 4.10. The molecule has 0 spiro atoms. The van der Waals surface area contributed by atoms with Crippen LogP contribution in [0.1, 0.15) is 56.2 Å². The molecule has 0 fully saturated rings. The van der Waals surface area contributed by atoms with Crippen molar-refractivity contribution in [1.82, 2.24) is 9.55 Å². The molecule has 0 bridgehead atoms. The van der Waals surface area contributed by atoms with E-state index in [2.05, 4.69) is 24.5 Å². The number of thiol groups is 1. The van der Waals surface area contributed by atoms with Gasteiger partial charge < -0.3 is 9.30 Å². The third-order valence-corrected chi connectivity index (χ3v) is 5.86. The Bertz CT molecular complexity index is 665. The number of hydrogen-bond donors (Lipinski definition) is 1. The summed E-state index contributed by atoms with van der Waals surface area (Å²) < 4.78 is 7.90. The fourth-order valence-corrected chi connectivity index (χ4v) is 3.50. The van der Waals surface area contributed by atoms with Gasteiger partial charge in [0, 0.05) is 17.4 Å². The summed E-state index contributed by atoms with van der Waals surface area (Å²) in [5.41, 5.74) is 0.411. The number of thiocarbonyl (C=S) groups is 1. The Hall–Kier alpha value is -0.750. The van der Waals surface area contributed by atoms with E-state index >= 15 is 0 Å². The molecule has 3 unspecified atom stereocenters. The number of hydrogen-bond acceptors (Lipinski definition) is 4. The number of nitrogens with zero attached hydrogens (tertiary/aromatic N) is 2. The highest BCUT2D eigenvalue weighted by Crippen LogP contribution is 2.35. The van der Waals surface area contributed by atoms with Crippen LogP contribution in [-0.2, 0) is 4.74 Å². The van der Waals surface area contributed by atoms with Gasteiger partial charge in [0.15, 0.2) is 11.2 Å². The molecule has 3 nitrogen and oxygen atoms in total. The van der Waals surface area contributed by atoms with E-state index in [1.54, 1.807) is 23.3 Å². The second-order valence-electron chi connectivity index (χ2n) is 6.16. The summed E-state index contributed by atoms with van der Waals surface area (Å²) in [5, 5.41) is 1.03. The van der Waals surface area contributed by atoms with Crippen LogP contribution in [0, 0.1) is 0 Å². The zero-order chi connectivity index (χ0) is 18.9. The van der Waals surface area contributed by atoms with Crippen LogP contribution in [0.15, 0.2) is 43.0 Å². The van der Waals surface area contributed by atoms with E-state index in [0.29, 0.717) is 10.1 Å². The molecule has 2 aromatic rings. The fourth-order valence-electron chi connectivity index (χ4n) is 2.59. The molecule has 0 aliphatic heterocycles. The van der Waals surface area contributed by atoms with Crippen LogP contribution in [0.4, 0.5) is 0 Å². The molecular formula is C19H24Cl2N2OS2. The number of aromatic nitrogens is 2. The monoisotopic (exact) mass is 430 g/mol. The van der Waals surface area contributed by atoms with Gasteiger partial charge in [0.1, 0.15) is 5.50 Å². The van der Waals surface area contributed by atoms with Gasteiger partial charge in [0.25, 0.3) is 0 Å². The van der Waals surface area contributed by atoms with Crippen LogP contribution in [-0.4, -0.2) is 19.9 Å². The number of imidazole rings is 1. The molecule has 0 saturated carbocycles. The molecule has 0 radical (unpaired) electrons. The first-order valence-electron chi connectivity index (χ1n) is 8.78. The quantitative estimate of drug-likeness (QED) is 0.198. The van der Waals surface area contributed by atoms with E-state index in [1.165, 1.54) is 19.3 Å². The second kappa shape index (κ2) is 11.2. The maximum Gasteiger partial charge on any atom is 0.173 e. The molecule has 1 aromatic carbocycles. The van der Waals surface area contributed by atoms with E-state index in [-0.39, 0.29) is 5.25 Å². The van der Waals surface area contributed by atoms with Gasteiger partial charge in [-0.3, -0.25) is 0 Å². The van der Waals surface area contributed by atoms with E-state index in [9.17, 15) is 0 Å². The van der Waals surface area contributed by atoms with Crippen molar-refractivity contribution in [2.24, 2.45) is 0 Å². The van der Waals surface area contributed by atoms with E-state index in [1.807, 2.05) is 24.3 Å². The molecule has 0 aliphatic rings. The maximum absolute atomic E-state index is 6.66. The topological polar surface area (TPSA) is 27.1 Å². The molecule has 0 saturated heterocycles. The van der Waals surface area contributed by atoms with Gasteiger partial charge >= 0.3 is 0 Å². The summed E-state index contributed by atoms with van der Waals surface area (Å²) in [6, 6.07) is 7.43. The van der Waals surface area contributed by atoms with Crippen molar-refractivity contribution < 1.29 is 4.74 Å². The molecule has 3 atom stereocenters. The normalized spacial score (nSPS) is 14.6. The van der Waals surface area contributed by atoms with E-state index < -0.39 is 11.6 Å². The second-order valence-corrected chi connectivity index (χ2v) is 8.07. The standard InChI is InChI=1S/C19H24Cl2N2OS2/c1-2-3-4-5-6-16(25)19(26)24-17(14-7-9-15(20)10-8-14)18(21)23-12-11-22-13-23/h7-13,16-18,25H,2-6H2,1H3. The molecule has 7 heteroatoms. The van der Waals surface area contributed by atoms with Gasteiger partial charge in [-0.1, -0.05) is 67.9 Å². The predicted molar refractivity (Wildman–Crippen MR) is 117 cm³/mol. The molecule has 26 heavy (non-hydrogen) atoms. The molecule has 0 amide bonds. The summed E-state index contributed by atoms with van der Waals surface area (Å²) in [5.74, 6) is 0. The van der Waals surface area contributed by atoms with Crippen LogP contribution in [0.25, 0.3) is 0 Å².